The minimum Gasteiger partial charge on any atom is -0.328 e. The lowest BCUT2D eigenvalue weighted by Gasteiger charge is -2.32. The molecule has 0 radical (unpaired) electrons. The molecule has 0 saturated carbocycles. The van der Waals surface area contributed by atoms with Gasteiger partial charge in [-0.3, -0.25) is 9.48 Å². The van der Waals surface area contributed by atoms with Crippen LogP contribution < -0.4 is 4.90 Å². The minimum atomic E-state index is -0.203. The molecule has 0 bridgehead atoms. The molecule has 1 aliphatic heterocycles. The molecule has 1 fully saturated rings. The Balaban J connectivity index is 1.55. The van der Waals surface area contributed by atoms with Gasteiger partial charge in [0.25, 0.3) is 5.91 Å². The van der Waals surface area contributed by atoms with Gasteiger partial charge in [-0.2, -0.15) is 5.10 Å². The first kappa shape index (κ1) is 14.7. The summed E-state index contributed by atoms with van der Waals surface area (Å²) in [6, 6.07) is 8.40. The molecule has 1 amide bonds. The second-order valence-corrected chi connectivity index (χ2v) is 5.69. The number of piperazine rings is 1. The first-order valence-corrected chi connectivity index (χ1v) is 7.49. The van der Waals surface area contributed by atoms with Crippen LogP contribution in [0, 0.1) is 5.82 Å². The molecule has 0 unspecified atom stereocenters. The summed E-state index contributed by atoms with van der Waals surface area (Å²) in [4.78, 5) is 15.7. The SMILES string of the molecule is Cn1nccc1C(=O)N1CC[NH+](Cc2ccc(F)cc2)CC1. The molecular formula is C16H20FN4O+. The molecule has 2 aromatic rings. The number of carbonyl (C=O) groups is 1. The maximum atomic E-state index is 12.9. The highest BCUT2D eigenvalue weighted by Gasteiger charge is 2.25. The first-order chi connectivity index (χ1) is 10.6. The van der Waals surface area contributed by atoms with Gasteiger partial charge in [-0.05, 0) is 18.2 Å². The van der Waals surface area contributed by atoms with Crippen LogP contribution >= 0.6 is 0 Å². The number of benzene rings is 1. The van der Waals surface area contributed by atoms with E-state index in [0.29, 0.717) is 5.69 Å². The van der Waals surface area contributed by atoms with Crippen molar-refractivity contribution in [2.75, 3.05) is 26.2 Å². The molecule has 5 nitrogen and oxygen atoms in total. The molecule has 2 heterocycles. The molecule has 1 N–H and O–H groups in total. The highest BCUT2D eigenvalue weighted by molar-refractivity contribution is 5.92. The normalized spacial score (nSPS) is 16.0. The van der Waals surface area contributed by atoms with Gasteiger partial charge in [0.2, 0.25) is 0 Å². The lowest BCUT2D eigenvalue weighted by atomic mass is 10.2. The Morgan fingerprint density at radius 1 is 1.23 bits per heavy atom. The predicted octanol–water partition coefficient (Wildman–Crippen LogP) is 0.100. The van der Waals surface area contributed by atoms with Gasteiger partial charge in [-0.1, -0.05) is 12.1 Å². The van der Waals surface area contributed by atoms with Crippen molar-refractivity contribution < 1.29 is 14.1 Å². The summed E-state index contributed by atoms with van der Waals surface area (Å²) in [7, 11) is 1.78. The highest BCUT2D eigenvalue weighted by atomic mass is 19.1. The van der Waals surface area contributed by atoms with Crippen molar-refractivity contribution in [2.45, 2.75) is 6.54 Å². The van der Waals surface area contributed by atoms with E-state index in [-0.39, 0.29) is 11.7 Å². The summed E-state index contributed by atoms with van der Waals surface area (Å²) < 4.78 is 14.5. The molecule has 0 aliphatic carbocycles. The van der Waals surface area contributed by atoms with E-state index in [2.05, 4.69) is 5.10 Å². The van der Waals surface area contributed by atoms with E-state index in [9.17, 15) is 9.18 Å². The Bertz CT molecular complexity index is 644. The number of hydrogen-bond donors (Lipinski definition) is 1. The number of rotatable bonds is 3. The maximum Gasteiger partial charge on any atom is 0.272 e. The number of aromatic nitrogens is 2. The molecule has 6 heteroatoms. The van der Waals surface area contributed by atoms with E-state index >= 15 is 0 Å². The van der Waals surface area contributed by atoms with Crippen molar-refractivity contribution in [1.29, 1.82) is 0 Å². The van der Waals surface area contributed by atoms with Crippen LogP contribution in [0.15, 0.2) is 36.5 Å². The summed E-state index contributed by atoms with van der Waals surface area (Å²) in [5, 5.41) is 4.04. The van der Waals surface area contributed by atoms with Gasteiger partial charge in [0.1, 0.15) is 18.1 Å². The molecule has 1 aliphatic rings. The van der Waals surface area contributed by atoms with Gasteiger partial charge in [-0.15, -0.1) is 0 Å². The monoisotopic (exact) mass is 303 g/mol. The van der Waals surface area contributed by atoms with E-state index in [1.54, 1.807) is 24.0 Å². The highest BCUT2D eigenvalue weighted by Crippen LogP contribution is 2.04. The number of carbonyl (C=O) groups excluding carboxylic acids is 1. The number of nitrogens with one attached hydrogen (secondary N) is 1. The number of hydrogen-bond acceptors (Lipinski definition) is 2. The van der Waals surface area contributed by atoms with Crippen molar-refractivity contribution in [3.63, 3.8) is 0 Å². The third kappa shape index (κ3) is 3.17. The third-order valence-corrected chi connectivity index (χ3v) is 4.17. The molecule has 22 heavy (non-hydrogen) atoms. The molecule has 3 rings (SSSR count). The van der Waals surface area contributed by atoms with E-state index in [4.69, 9.17) is 0 Å². The second kappa shape index (κ2) is 6.27. The van der Waals surface area contributed by atoms with Gasteiger partial charge in [-0.25, -0.2) is 4.39 Å². The van der Waals surface area contributed by atoms with Crippen molar-refractivity contribution >= 4 is 5.91 Å². The molecule has 1 aromatic heterocycles. The Morgan fingerprint density at radius 3 is 2.50 bits per heavy atom. The Kier molecular flexibility index (Phi) is 4.20. The van der Waals surface area contributed by atoms with E-state index < -0.39 is 0 Å². The molecule has 1 saturated heterocycles. The molecular weight excluding hydrogens is 283 g/mol. The van der Waals surface area contributed by atoms with Crippen LogP contribution in [0.3, 0.4) is 0 Å². The van der Waals surface area contributed by atoms with Gasteiger partial charge in [0.05, 0.1) is 26.2 Å². The van der Waals surface area contributed by atoms with Gasteiger partial charge < -0.3 is 9.80 Å². The third-order valence-electron chi connectivity index (χ3n) is 4.17. The smallest absolute Gasteiger partial charge is 0.272 e. The fourth-order valence-corrected chi connectivity index (χ4v) is 2.84. The van der Waals surface area contributed by atoms with Crippen LogP contribution in [0.4, 0.5) is 4.39 Å². The van der Waals surface area contributed by atoms with Crippen molar-refractivity contribution in [3.05, 3.63) is 53.6 Å². The minimum absolute atomic E-state index is 0.0424. The van der Waals surface area contributed by atoms with E-state index in [0.717, 1.165) is 38.3 Å². The predicted molar refractivity (Wildman–Crippen MR) is 79.9 cm³/mol. The van der Waals surface area contributed by atoms with Crippen LogP contribution in [0.2, 0.25) is 0 Å². The van der Waals surface area contributed by atoms with Gasteiger partial charge in [0, 0.05) is 18.8 Å². The quantitative estimate of drug-likeness (QED) is 0.874. The summed E-state index contributed by atoms with van der Waals surface area (Å²) in [6.45, 7) is 4.15. The Labute approximate surface area is 128 Å². The summed E-state index contributed by atoms with van der Waals surface area (Å²) in [6.07, 6.45) is 1.64. The second-order valence-electron chi connectivity index (χ2n) is 5.69. The standard InChI is InChI=1S/C16H19FN4O/c1-19-15(6-7-18-19)16(22)21-10-8-20(9-11-21)12-13-2-4-14(17)5-3-13/h2-7H,8-12H2,1H3/p+1. The number of amides is 1. The molecule has 1 aromatic carbocycles. The van der Waals surface area contributed by atoms with Crippen LogP contribution in [-0.2, 0) is 13.6 Å². The Morgan fingerprint density at radius 2 is 1.91 bits per heavy atom. The summed E-state index contributed by atoms with van der Waals surface area (Å²) >= 11 is 0. The first-order valence-electron chi connectivity index (χ1n) is 7.49. The summed E-state index contributed by atoms with van der Waals surface area (Å²) in [5.41, 5.74) is 1.75. The van der Waals surface area contributed by atoms with Crippen LogP contribution in [0.5, 0.6) is 0 Å². The van der Waals surface area contributed by atoms with Crippen molar-refractivity contribution in [2.24, 2.45) is 7.05 Å². The zero-order valence-electron chi connectivity index (χ0n) is 12.6. The topological polar surface area (TPSA) is 42.6 Å². The fourth-order valence-electron chi connectivity index (χ4n) is 2.84. The number of halogens is 1. The largest absolute Gasteiger partial charge is 0.328 e. The zero-order valence-corrected chi connectivity index (χ0v) is 12.6. The number of aryl methyl sites for hydroxylation is 1. The van der Waals surface area contributed by atoms with Gasteiger partial charge >= 0.3 is 0 Å². The summed E-state index contributed by atoms with van der Waals surface area (Å²) in [5.74, 6) is -0.161. The maximum absolute atomic E-state index is 12.9. The number of nitrogens with zero attached hydrogens (tertiary/aromatic N) is 3. The van der Waals surface area contributed by atoms with Gasteiger partial charge in [0.15, 0.2) is 0 Å². The van der Waals surface area contributed by atoms with Crippen LogP contribution in [-0.4, -0.2) is 46.8 Å². The van der Waals surface area contributed by atoms with Crippen molar-refractivity contribution in [3.8, 4) is 0 Å². The lowest BCUT2D eigenvalue weighted by Crippen LogP contribution is -3.13. The fraction of sp³-hybridized carbons (Fsp3) is 0.375. The Hall–Kier alpha value is -2.21. The molecule has 0 spiro atoms. The average Bonchev–Trinajstić information content (AvgIpc) is 2.96. The van der Waals surface area contributed by atoms with Crippen LogP contribution in [0.25, 0.3) is 0 Å². The van der Waals surface area contributed by atoms with Crippen molar-refractivity contribution in [1.82, 2.24) is 14.7 Å². The van der Waals surface area contributed by atoms with E-state index in [1.165, 1.54) is 17.0 Å². The van der Waals surface area contributed by atoms with Crippen LogP contribution in [0.1, 0.15) is 16.1 Å². The average molecular weight is 303 g/mol. The molecule has 0 atom stereocenters. The zero-order chi connectivity index (χ0) is 15.5. The lowest BCUT2D eigenvalue weighted by molar-refractivity contribution is -0.917. The van der Waals surface area contributed by atoms with E-state index in [1.807, 2.05) is 17.0 Å². The number of quaternary nitrogens is 1. The molecule has 116 valence electrons.